The van der Waals surface area contributed by atoms with Gasteiger partial charge in [-0.1, -0.05) is 27.7 Å². The Kier molecular flexibility index (Phi) is 8.38. The summed E-state index contributed by atoms with van der Waals surface area (Å²) in [6, 6.07) is 0. The van der Waals surface area contributed by atoms with Crippen molar-refractivity contribution in [2.45, 2.75) is 40.5 Å². The zero-order valence-electron chi connectivity index (χ0n) is 10.7. The monoisotopic (exact) mass is 214 g/mol. The average Bonchev–Trinajstić information content (AvgIpc) is 2.21. The molecule has 3 heteroatoms. The van der Waals surface area contributed by atoms with Crippen molar-refractivity contribution < 1.29 is 4.79 Å². The number of hydrogen-bond acceptors (Lipinski definition) is 2. The van der Waals surface area contributed by atoms with E-state index in [4.69, 9.17) is 0 Å². The van der Waals surface area contributed by atoms with Crippen molar-refractivity contribution in [3.8, 4) is 0 Å². The second kappa shape index (κ2) is 8.72. The van der Waals surface area contributed by atoms with Gasteiger partial charge >= 0.3 is 0 Å². The van der Waals surface area contributed by atoms with Crippen molar-refractivity contribution in [3.63, 3.8) is 0 Å². The largest absolute Gasteiger partial charge is 0.341 e. The highest BCUT2D eigenvalue weighted by molar-refractivity contribution is 5.78. The Morgan fingerprint density at radius 2 is 1.80 bits per heavy atom. The third-order valence-corrected chi connectivity index (χ3v) is 2.28. The van der Waals surface area contributed by atoms with Crippen molar-refractivity contribution >= 4 is 5.91 Å². The Morgan fingerprint density at radius 1 is 1.13 bits per heavy atom. The fraction of sp³-hybridized carbons (Fsp3) is 0.917. The minimum atomic E-state index is 0.114. The number of hydrogen-bond donors (Lipinski definition) is 1. The second-order valence-electron chi connectivity index (χ2n) is 4.23. The highest BCUT2D eigenvalue weighted by Gasteiger charge is 2.15. The number of carbonyl (C=O) groups excluding carboxylic acids is 1. The lowest BCUT2D eigenvalue weighted by molar-refractivity contribution is -0.134. The lowest BCUT2D eigenvalue weighted by Crippen LogP contribution is -2.39. The van der Waals surface area contributed by atoms with Crippen LogP contribution in [0.25, 0.3) is 0 Å². The molecule has 0 saturated heterocycles. The molecule has 0 atom stereocenters. The number of rotatable bonds is 8. The first-order chi connectivity index (χ1) is 7.13. The van der Waals surface area contributed by atoms with Crippen LogP contribution in [0, 0.1) is 5.92 Å². The number of nitrogens with zero attached hydrogens (tertiary/aromatic N) is 1. The van der Waals surface area contributed by atoms with Crippen molar-refractivity contribution in [2.24, 2.45) is 5.92 Å². The van der Waals surface area contributed by atoms with Gasteiger partial charge in [0.15, 0.2) is 0 Å². The molecule has 1 amide bonds. The molecule has 0 bridgehead atoms. The maximum atomic E-state index is 11.8. The van der Waals surface area contributed by atoms with Crippen molar-refractivity contribution in [1.29, 1.82) is 0 Å². The molecule has 0 fully saturated rings. The highest BCUT2D eigenvalue weighted by atomic mass is 16.2. The zero-order valence-corrected chi connectivity index (χ0v) is 10.7. The molecular weight excluding hydrogens is 188 g/mol. The molecule has 0 aromatic heterocycles. The molecule has 0 heterocycles. The van der Waals surface area contributed by atoms with Crippen LogP contribution in [0.5, 0.6) is 0 Å². The summed E-state index contributed by atoms with van der Waals surface area (Å²) in [5, 5.41) is 3.32. The molecule has 0 saturated carbocycles. The van der Waals surface area contributed by atoms with Gasteiger partial charge in [-0.15, -0.1) is 0 Å². The van der Waals surface area contributed by atoms with Gasteiger partial charge in [-0.3, -0.25) is 4.79 Å². The molecule has 0 aromatic carbocycles. The summed E-state index contributed by atoms with van der Waals surface area (Å²) in [5.41, 5.74) is 0. The number of amides is 1. The van der Waals surface area contributed by atoms with E-state index in [0.29, 0.717) is 0 Å². The van der Waals surface area contributed by atoms with E-state index in [2.05, 4.69) is 19.2 Å². The maximum absolute atomic E-state index is 11.8. The van der Waals surface area contributed by atoms with Crippen LogP contribution in [-0.4, -0.2) is 37.0 Å². The van der Waals surface area contributed by atoms with Gasteiger partial charge in [0.2, 0.25) is 5.91 Å². The molecule has 0 aromatic rings. The molecule has 3 nitrogen and oxygen atoms in total. The second-order valence-corrected chi connectivity index (χ2v) is 4.23. The van der Waals surface area contributed by atoms with E-state index in [1.54, 1.807) is 0 Å². The molecule has 1 N–H and O–H groups in total. The van der Waals surface area contributed by atoms with E-state index in [0.717, 1.165) is 39.0 Å². The Morgan fingerprint density at radius 3 is 2.27 bits per heavy atom. The molecule has 0 spiro atoms. The van der Waals surface area contributed by atoms with E-state index in [-0.39, 0.29) is 11.8 Å². The summed E-state index contributed by atoms with van der Waals surface area (Å²) in [6.45, 7) is 11.9. The Hall–Kier alpha value is -0.570. The normalized spacial score (nSPS) is 10.7. The van der Waals surface area contributed by atoms with E-state index in [9.17, 15) is 4.79 Å². The topological polar surface area (TPSA) is 32.3 Å². The van der Waals surface area contributed by atoms with Gasteiger partial charge in [-0.05, 0) is 19.4 Å². The van der Waals surface area contributed by atoms with Crippen LogP contribution in [0.1, 0.15) is 40.5 Å². The summed E-state index contributed by atoms with van der Waals surface area (Å²) in [7, 11) is 0. The van der Waals surface area contributed by atoms with Crippen LogP contribution < -0.4 is 5.32 Å². The quantitative estimate of drug-likeness (QED) is 0.626. The van der Waals surface area contributed by atoms with Crippen LogP contribution in [0.4, 0.5) is 0 Å². The molecule has 0 aliphatic rings. The van der Waals surface area contributed by atoms with E-state index in [1.807, 2.05) is 18.7 Å². The van der Waals surface area contributed by atoms with E-state index < -0.39 is 0 Å². The van der Waals surface area contributed by atoms with Gasteiger partial charge in [0.1, 0.15) is 0 Å². The third-order valence-electron chi connectivity index (χ3n) is 2.28. The Bertz CT molecular complexity index is 169. The highest BCUT2D eigenvalue weighted by Crippen LogP contribution is 2.01. The zero-order chi connectivity index (χ0) is 11.7. The van der Waals surface area contributed by atoms with Crippen LogP contribution >= 0.6 is 0 Å². The van der Waals surface area contributed by atoms with Crippen LogP contribution in [-0.2, 0) is 4.79 Å². The van der Waals surface area contributed by atoms with Gasteiger partial charge < -0.3 is 10.2 Å². The number of carbonyl (C=O) groups is 1. The lowest BCUT2D eigenvalue weighted by atomic mass is 10.2. The van der Waals surface area contributed by atoms with Crippen LogP contribution in [0.3, 0.4) is 0 Å². The van der Waals surface area contributed by atoms with Crippen molar-refractivity contribution in [1.82, 2.24) is 10.2 Å². The molecule has 0 aliphatic carbocycles. The first kappa shape index (κ1) is 14.4. The van der Waals surface area contributed by atoms with Crippen LogP contribution in [0.15, 0.2) is 0 Å². The Balaban J connectivity index is 3.87. The average molecular weight is 214 g/mol. The molecule has 0 aliphatic heterocycles. The molecule has 0 rings (SSSR count). The van der Waals surface area contributed by atoms with E-state index >= 15 is 0 Å². The predicted octanol–water partition coefficient (Wildman–Crippen LogP) is 1.88. The Labute approximate surface area is 94.2 Å². The molecule has 0 radical (unpaired) electrons. The molecule has 15 heavy (non-hydrogen) atoms. The third kappa shape index (κ3) is 6.50. The molecular formula is C12H26N2O. The van der Waals surface area contributed by atoms with E-state index in [1.165, 1.54) is 0 Å². The van der Waals surface area contributed by atoms with Gasteiger partial charge in [-0.2, -0.15) is 0 Å². The number of nitrogens with one attached hydrogen (secondary N) is 1. The predicted molar refractivity (Wildman–Crippen MR) is 64.9 cm³/mol. The summed E-state index contributed by atoms with van der Waals surface area (Å²) in [5.74, 6) is 0.387. The summed E-state index contributed by atoms with van der Waals surface area (Å²) in [6.07, 6.45) is 2.18. The van der Waals surface area contributed by atoms with Crippen molar-refractivity contribution in [3.05, 3.63) is 0 Å². The SMILES string of the molecule is CCCNCCN(CCC)C(=O)C(C)C. The van der Waals surface area contributed by atoms with Gasteiger partial charge in [-0.25, -0.2) is 0 Å². The van der Waals surface area contributed by atoms with Gasteiger partial charge in [0.05, 0.1) is 0 Å². The fourth-order valence-electron chi connectivity index (χ4n) is 1.48. The first-order valence-corrected chi connectivity index (χ1v) is 6.12. The molecule has 0 unspecified atom stereocenters. The van der Waals surface area contributed by atoms with Gasteiger partial charge in [0, 0.05) is 25.6 Å². The van der Waals surface area contributed by atoms with Crippen molar-refractivity contribution in [2.75, 3.05) is 26.2 Å². The minimum Gasteiger partial charge on any atom is -0.341 e. The molecule has 90 valence electrons. The summed E-state index contributed by atoms with van der Waals surface area (Å²) < 4.78 is 0. The first-order valence-electron chi connectivity index (χ1n) is 6.12. The lowest BCUT2D eigenvalue weighted by Gasteiger charge is -2.24. The fourth-order valence-corrected chi connectivity index (χ4v) is 1.48. The van der Waals surface area contributed by atoms with Gasteiger partial charge in [0.25, 0.3) is 0 Å². The summed E-state index contributed by atoms with van der Waals surface area (Å²) in [4.78, 5) is 13.8. The summed E-state index contributed by atoms with van der Waals surface area (Å²) >= 11 is 0. The minimum absolute atomic E-state index is 0.114. The maximum Gasteiger partial charge on any atom is 0.225 e. The van der Waals surface area contributed by atoms with Crippen LogP contribution in [0.2, 0.25) is 0 Å². The smallest absolute Gasteiger partial charge is 0.225 e. The standard InChI is InChI=1S/C12H26N2O/c1-5-7-13-8-10-14(9-6-2)12(15)11(3)4/h11,13H,5-10H2,1-4H3.